The van der Waals surface area contributed by atoms with Crippen LogP contribution in [0.2, 0.25) is 0 Å². The molecule has 0 fully saturated rings. The number of amides is 2. The lowest BCUT2D eigenvalue weighted by Crippen LogP contribution is -2.46. The molecule has 0 aromatic heterocycles. The molecule has 0 aliphatic carbocycles. The number of carbonyl (C=O) groups excluding carboxylic acids is 2. The molecule has 2 amide bonds. The third kappa shape index (κ3) is 5.15. The van der Waals surface area contributed by atoms with Gasteiger partial charge in [0.05, 0.1) is 6.26 Å². The maximum absolute atomic E-state index is 10.9. The van der Waals surface area contributed by atoms with Gasteiger partial charge in [-0.05, 0) is 6.92 Å². The van der Waals surface area contributed by atoms with E-state index in [1.54, 1.807) is 4.83 Å². The Morgan fingerprint density at radius 2 is 1.85 bits per heavy atom. The normalized spacial score (nSPS) is 13.4. The van der Waals surface area contributed by atoms with Crippen molar-refractivity contribution in [1.82, 2.24) is 10.3 Å². The van der Waals surface area contributed by atoms with Gasteiger partial charge in [0.15, 0.2) is 0 Å². The third-order valence-electron chi connectivity index (χ3n) is 1.18. The predicted octanol–water partition coefficient (Wildman–Crippen LogP) is -2.31. The number of rotatable bonds is 4. The summed E-state index contributed by atoms with van der Waals surface area (Å²) in [5.41, 5.74) is 6.63. The van der Waals surface area contributed by atoms with Crippen molar-refractivity contribution < 1.29 is 18.0 Å². The van der Waals surface area contributed by atoms with Crippen LogP contribution in [0.25, 0.3) is 0 Å². The van der Waals surface area contributed by atoms with Crippen molar-refractivity contribution in [1.29, 1.82) is 0 Å². The molecule has 0 bridgehead atoms. The lowest BCUT2D eigenvalue weighted by Gasteiger charge is -2.08. The summed E-state index contributed by atoms with van der Waals surface area (Å²) in [6, 6.07) is 0. The summed E-state index contributed by atoms with van der Waals surface area (Å²) in [7, 11) is -3.51. The zero-order valence-corrected chi connectivity index (χ0v) is 8.01. The first-order valence-corrected chi connectivity index (χ1v) is 5.19. The molecule has 0 aliphatic heterocycles. The molecule has 1 unspecified atom stereocenters. The smallest absolute Gasteiger partial charge is 0.247 e. The van der Waals surface area contributed by atoms with E-state index in [1.165, 1.54) is 6.92 Å². The fourth-order valence-electron chi connectivity index (χ4n) is 0.380. The van der Waals surface area contributed by atoms with Crippen LogP contribution in [-0.4, -0.2) is 26.5 Å². The standard InChI is InChI=1S/C5H11N3O4S/c1-3(4(6)9)5(10)7-8-13(2,11)12/h3,8H,1-2H3,(H2,6,9)(H,7,10). The predicted molar refractivity (Wildman–Crippen MR) is 44.5 cm³/mol. The highest BCUT2D eigenvalue weighted by atomic mass is 32.2. The Hall–Kier alpha value is -1.15. The van der Waals surface area contributed by atoms with Gasteiger partial charge in [-0.15, -0.1) is 4.83 Å². The molecule has 0 saturated heterocycles. The van der Waals surface area contributed by atoms with E-state index in [1.807, 2.05) is 5.43 Å². The van der Waals surface area contributed by atoms with Crippen LogP contribution in [0.1, 0.15) is 6.92 Å². The monoisotopic (exact) mass is 209 g/mol. The first-order chi connectivity index (χ1) is 5.74. The molecular formula is C5H11N3O4S. The van der Waals surface area contributed by atoms with E-state index in [0.717, 1.165) is 6.26 Å². The van der Waals surface area contributed by atoms with Crippen LogP contribution < -0.4 is 16.0 Å². The van der Waals surface area contributed by atoms with Crippen molar-refractivity contribution >= 4 is 21.8 Å². The molecule has 0 aromatic carbocycles. The molecule has 0 aromatic rings. The summed E-state index contributed by atoms with van der Waals surface area (Å²) < 4.78 is 21.0. The molecule has 0 heterocycles. The van der Waals surface area contributed by atoms with E-state index in [0.29, 0.717) is 0 Å². The van der Waals surface area contributed by atoms with Crippen molar-refractivity contribution in [3.05, 3.63) is 0 Å². The number of sulfonamides is 1. The highest BCUT2D eigenvalue weighted by molar-refractivity contribution is 7.88. The van der Waals surface area contributed by atoms with Crippen LogP contribution in [0.4, 0.5) is 0 Å². The van der Waals surface area contributed by atoms with Gasteiger partial charge in [0.1, 0.15) is 5.92 Å². The average molecular weight is 209 g/mol. The van der Waals surface area contributed by atoms with E-state index in [4.69, 9.17) is 5.73 Å². The van der Waals surface area contributed by atoms with Crippen molar-refractivity contribution in [2.24, 2.45) is 11.7 Å². The summed E-state index contributed by atoms with van der Waals surface area (Å²) in [4.78, 5) is 23.1. The topological polar surface area (TPSA) is 118 Å². The number of carbonyl (C=O) groups is 2. The fourth-order valence-corrected chi connectivity index (χ4v) is 0.666. The second-order valence-corrected chi connectivity index (χ2v) is 4.24. The zero-order chi connectivity index (χ0) is 10.6. The van der Waals surface area contributed by atoms with E-state index in [2.05, 4.69) is 0 Å². The summed E-state index contributed by atoms with van der Waals surface area (Å²) in [6.07, 6.45) is 0.863. The molecule has 0 saturated carbocycles. The second-order valence-electron chi connectivity index (χ2n) is 2.49. The van der Waals surface area contributed by atoms with Crippen molar-refractivity contribution in [2.75, 3.05) is 6.26 Å². The third-order valence-corrected chi connectivity index (χ3v) is 1.65. The number of primary amides is 1. The van der Waals surface area contributed by atoms with Crippen LogP contribution in [0, 0.1) is 5.92 Å². The number of hydrogen-bond acceptors (Lipinski definition) is 4. The SMILES string of the molecule is CC(C(N)=O)C(=O)NNS(C)(=O)=O. The fraction of sp³-hybridized carbons (Fsp3) is 0.600. The average Bonchev–Trinajstić information content (AvgIpc) is 1.97. The quantitative estimate of drug-likeness (QED) is 0.356. The van der Waals surface area contributed by atoms with Crippen molar-refractivity contribution in [3.63, 3.8) is 0 Å². The van der Waals surface area contributed by atoms with Crippen molar-refractivity contribution in [3.8, 4) is 0 Å². The Morgan fingerprint density at radius 3 is 2.15 bits per heavy atom. The Morgan fingerprint density at radius 1 is 1.38 bits per heavy atom. The first-order valence-electron chi connectivity index (χ1n) is 3.30. The lowest BCUT2D eigenvalue weighted by molar-refractivity contribution is -0.133. The summed E-state index contributed by atoms with van der Waals surface area (Å²) in [6.45, 7) is 1.27. The lowest BCUT2D eigenvalue weighted by atomic mass is 10.1. The van der Waals surface area contributed by atoms with Gasteiger partial charge in [0, 0.05) is 0 Å². The van der Waals surface area contributed by atoms with Gasteiger partial charge in [-0.1, -0.05) is 0 Å². The minimum Gasteiger partial charge on any atom is -0.369 e. The molecule has 0 spiro atoms. The van der Waals surface area contributed by atoms with E-state index in [9.17, 15) is 18.0 Å². The Kier molecular flexibility index (Phi) is 3.82. The van der Waals surface area contributed by atoms with Crippen LogP contribution in [-0.2, 0) is 19.6 Å². The van der Waals surface area contributed by atoms with Crippen molar-refractivity contribution in [2.45, 2.75) is 6.92 Å². The van der Waals surface area contributed by atoms with Gasteiger partial charge in [-0.2, -0.15) is 0 Å². The maximum atomic E-state index is 10.9. The van der Waals surface area contributed by atoms with Crippen LogP contribution in [0.15, 0.2) is 0 Å². The van der Waals surface area contributed by atoms with Gasteiger partial charge in [-0.3, -0.25) is 15.0 Å². The molecule has 13 heavy (non-hydrogen) atoms. The molecule has 7 nitrogen and oxygen atoms in total. The molecule has 4 N–H and O–H groups in total. The van der Waals surface area contributed by atoms with Gasteiger partial charge in [0.2, 0.25) is 21.8 Å². The molecular weight excluding hydrogens is 198 g/mol. The van der Waals surface area contributed by atoms with Crippen LogP contribution in [0.5, 0.6) is 0 Å². The number of nitrogens with two attached hydrogens (primary N) is 1. The largest absolute Gasteiger partial charge is 0.369 e. The molecule has 1 atom stereocenters. The summed E-state index contributed by atoms with van der Waals surface area (Å²) >= 11 is 0. The van der Waals surface area contributed by atoms with E-state index >= 15 is 0 Å². The first kappa shape index (κ1) is 11.8. The molecule has 0 aliphatic rings. The van der Waals surface area contributed by atoms with E-state index < -0.39 is 27.8 Å². The summed E-state index contributed by atoms with van der Waals surface area (Å²) in [5, 5.41) is 0. The minimum atomic E-state index is -3.51. The highest BCUT2D eigenvalue weighted by Gasteiger charge is 2.18. The second kappa shape index (κ2) is 4.19. The van der Waals surface area contributed by atoms with E-state index in [-0.39, 0.29) is 0 Å². The van der Waals surface area contributed by atoms with Gasteiger partial charge in [0.25, 0.3) is 0 Å². The van der Waals surface area contributed by atoms with Crippen LogP contribution >= 0.6 is 0 Å². The summed E-state index contributed by atoms with van der Waals surface area (Å²) in [5.74, 6) is -2.69. The number of hydrazine groups is 1. The number of hydrogen-bond donors (Lipinski definition) is 3. The maximum Gasteiger partial charge on any atom is 0.247 e. The Balaban J connectivity index is 4.11. The van der Waals surface area contributed by atoms with Gasteiger partial charge >= 0.3 is 0 Å². The Bertz CT molecular complexity index is 310. The molecule has 8 heteroatoms. The number of nitrogens with one attached hydrogen (secondary N) is 2. The van der Waals surface area contributed by atoms with Crippen LogP contribution in [0.3, 0.4) is 0 Å². The Labute approximate surface area is 75.7 Å². The zero-order valence-electron chi connectivity index (χ0n) is 7.20. The molecule has 76 valence electrons. The minimum absolute atomic E-state index is 0.794. The van der Waals surface area contributed by atoms with Gasteiger partial charge < -0.3 is 5.73 Å². The molecule has 0 rings (SSSR count). The highest BCUT2D eigenvalue weighted by Crippen LogP contribution is 1.90. The van der Waals surface area contributed by atoms with Gasteiger partial charge in [-0.25, -0.2) is 8.42 Å². The molecule has 0 radical (unpaired) electrons.